The number of aryl methyl sites for hydroxylation is 1. The number of benzene rings is 1. The lowest BCUT2D eigenvalue weighted by molar-refractivity contribution is 0.196. The Balaban J connectivity index is 2.41. The van der Waals surface area contributed by atoms with Crippen LogP contribution >= 0.6 is 23.1 Å². The molecule has 1 aromatic heterocycles. The van der Waals surface area contributed by atoms with Crippen LogP contribution in [-0.4, -0.2) is 15.3 Å². The van der Waals surface area contributed by atoms with Crippen molar-refractivity contribution in [3.8, 4) is 0 Å². The van der Waals surface area contributed by atoms with Crippen molar-refractivity contribution in [1.29, 1.82) is 0 Å². The van der Waals surface area contributed by atoms with Crippen molar-refractivity contribution in [1.82, 2.24) is 10.2 Å². The van der Waals surface area contributed by atoms with Crippen molar-refractivity contribution in [3.05, 3.63) is 34.6 Å². The van der Waals surface area contributed by atoms with Gasteiger partial charge in [0.15, 0.2) is 4.34 Å². The summed E-state index contributed by atoms with van der Waals surface area (Å²) in [5, 5.41) is 17.3. The van der Waals surface area contributed by atoms with Gasteiger partial charge in [-0.2, -0.15) is 0 Å². The molecule has 0 amide bonds. The topological polar surface area (TPSA) is 46.0 Å². The zero-order valence-electron chi connectivity index (χ0n) is 9.35. The number of hydrogen-bond acceptors (Lipinski definition) is 5. The van der Waals surface area contributed by atoms with Gasteiger partial charge in [-0.25, -0.2) is 4.39 Å². The Morgan fingerprint density at radius 1 is 1.47 bits per heavy atom. The second-order valence-electron chi connectivity index (χ2n) is 3.62. The molecule has 1 atom stereocenters. The van der Waals surface area contributed by atoms with Crippen LogP contribution < -0.4 is 0 Å². The minimum atomic E-state index is -0.708. The van der Waals surface area contributed by atoms with E-state index in [4.69, 9.17) is 0 Å². The van der Waals surface area contributed by atoms with Gasteiger partial charge in [0.1, 0.15) is 11.3 Å². The van der Waals surface area contributed by atoms with Crippen LogP contribution in [0.25, 0.3) is 0 Å². The van der Waals surface area contributed by atoms with E-state index in [0.717, 1.165) is 9.24 Å². The average molecular weight is 270 g/mol. The second kappa shape index (κ2) is 5.12. The van der Waals surface area contributed by atoms with E-state index in [2.05, 4.69) is 10.2 Å². The Morgan fingerprint density at radius 3 is 2.82 bits per heavy atom. The molecule has 0 saturated heterocycles. The number of aliphatic hydroxyl groups excluding tert-OH is 1. The molecule has 1 N–H and O–H groups in total. The van der Waals surface area contributed by atoms with Gasteiger partial charge in [0.05, 0.1) is 6.10 Å². The van der Waals surface area contributed by atoms with E-state index in [1.165, 1.54) is 29.2 Å². The smallest absolute Gasteiger partial charge is 0.178 e. The fourth-order valence-corrected chi connectivity index (χ4v) is 3.12. The van der Waals surface area contributed by atoms with Crippen LogP contribution in [0.1, 0.15) is 24.2 Å². The van der Waals surface area contributed by atoms with E-state index in [-0.39, 0.29) is 5.82 Å². The minimum absolute atomic E-state index is 0.303. The number of aromatic nitrogens is 2. The summed E-state index contributed by atoms with van der Waals surface area (Å²) in [7, 11) is 0. The maximum atomic E-state index is 13.5. The lowest BCUT2D eigenvalue weighted by Crippen LogP contribution is -1.97. The molecule has 1 aromatic carbocycles. The van der Waals surface area contributed by atoms with Crippen molar-refractivity contribution >= 4 is 23.1 Å². The number of nitrogens with zero attached hydrogens (tertiary/aromatic N) is 2. The summed E-state index contributed by atoms with van der Waals surface area (Å²) in [4.78, 5) is 0.815. The summed E-state index contributed by atoms with van der Waals surface area (Å²) in [6.07, 6.45) is -0.708. The highest BCUT2D eigenvalue weighted by molar-refractivity contribution is 8.01. The van der Waals surface area contributed by atoms with E-state index in [9.17, 15) is 9.50 Å². The molecule has 1 heterocycles. The Hall–Kier alpha value is -0.980. The van der Waals surface area contributed by atoms with E-state index in [0.29, 0.717) is 11.1 Å². The first-order valence-electron chi connectivity index (χ1n) is 5.00. The summed E-state index contributed by atoms with van der Waals surface area (Å²) in [6.45, 7) is 3.32. The van der Waals surface area contributed by atoms with Gasteiger partial charge >= 0.3 is 0 Å². The molecule has 90 valence electrons. The van der Waals surface area contributed by atoms with E-state index >= 15 is 0 Å². The lowest BCUT2D eigenvalue weighted by Gasteiger charge is -2.12. The van der Waals surface area contributed by atoms with Crippen LogP contribution in [0.5, 0.6) is 0 Å². The third-order valence-corrected chi connectivity index (χ3v) is 4.13. The first-order chi connectivity index (χ1) is 8.08. The third kappa shape index (κ3) is 2.83. The predicted octanol–water partition coefficient (Wildman–Crippen LogP) is 3.19. The van der Waals surface area contributed by atoms with Crippen molar-refractivity contribution in [2.24, 2.45) is 0 Å². The molecule has 0 bridgehead atoms. The standard InChI is InChI=1S/C11H11FN2OS2/c1-6-3-10(17-11-14-13-5-16-11)8(7(2)15)4-9(6)12/h3-5,7,15H,1-2H3/t7-/m0/s1. The maximum Gasteiger partial charge on any atom is 0.178 e. The molecule has 0 saturated carbocycles. The minimum Gasteiger partial charge on any atom is -0.389 e. The molecule has 3 nitrogen and oxygen atoms in total. The van der Waals surface area contributed by atoms with Gasteiger partial charge in [-0.1, -0.05) is 23.1 Å². The van der Waals surface area contributed by atoms with Crippen molar-refractivity contribution in [2.75, 3.05) is 0 Å². The SMILES string of the molecule is Cc1cc(Sc2nncs2)c([C@H](C)O)cc1F. The highest BCUT2D eigenvalue weighted by Gasteiger charge is 2.14. The van der Waals surface area contributed by atoms with E-state index < -0.39 is 6.10 Å². The zero-order chi connectivity index (χ0) is 12.4. The Kier molecular flexibility index (Phi) is 3.76. The normalized spacial score (nSPS) is 12.7. The molecule has 0 fully saturated rings. The Labute approximate surface area is 107 Å². The molecule has 0 spiro atoms. The van der Waals surface area contributed by atoms with Crippen molar-refractivity contribution < 1.29 is 9.50 Å². The maximum absolute atomic E-state index is 13.5. The van der Waals surface area contributed by atoms with Crippen LogP contribution in [-0.2, 0) is 0 Å². The highest BCUT2D eigenvalue weighted by atomic mass is 32.2. The molecule has 0 aliphatic carbocycles. The zero-order valence-corrected chi connectivity index (χ0v) is 11.0. The molecular formula is C11H11FN2OS2. The molecule has 6 heteroatoms. The monoisotopic (exact) mass is 270 g/mol. The van der Waals surface area contributed by atoms with Gasteiger partial charge in [0.25, 0.3) is 0 Å². The lowest BCUT2D eigenvalue weighted by atomic mass is 10.1. The van der Waals surface area contributed by atoms with Crippen LogP contribution in [0, 0.1) is 12.7 Å². The van der Waals surface area contributed by atoms with E-state index in [1.54, 1.807) is 25.4 Å². The third-order valence-electron chi connectivity index (χ3n) is 2.28. The first kappa shape index (κ1) is 12.5. The number of hydrogen-bond donors (Lipinski definition) is 1. The molecule has 0 aliphatic rings. The Bertz CT molecular complexity index is 514. The first-order valence-corrected chi connectivity index (χ1v) is 6.69. The van der Waals surface area contributed by atoms with E-state index in [1.807, 2.05) is 0 Å². The van der Waals surface area contributed by atoms with Gasteiger partial charge < -0.3 is 5.11 Å². The molecular weight excluding hydrogens is 259 g/mol. The van der Waals surface area contributed by atoms with Crippen LogP contribution in [0.4, 0.5) is 4.39 Å². The molecule has 2 rings (SSSR count). The van der Waals surface area contributed by atoms with Crippen molar-refractivity contribution in [3.63, 3.8) is 0 Å². The highest BCUT2D eigenvalue weighted by Crippen LogP contribution is 2.35. The average Bonchev–Trinajstić information content (AvgIpc) is 2.75. The van der Waals surface area contributed by atoms with Crippen LogP contribution in [0.3, 0.4) is 0 Å². The summed E-state index contributed by atoms with van der Waals surface area (Å²) in [6, 6.07) is 3.10. The molecule has 0 unspecified atom stereocenters. The van der Waals surface area contributed by atoms with Gasteiger partial charge in [0.2, 0.25) is 0 Å². The van der Waals surface area contributed by atoms with Gasteiger partial charge in [0, 0.05) is 4.90 Å². The van der Waals surface area contributed by atoms with Crippen molar-refractivity contribution in [2.45, 2.75) is 29.2 Å². The number of rotatable bonds is 3. The van der Waals surface area contributed by atoms with Crippen LogP contribution in [0.2, 0.25) is 0 Å². The summed E-state index contributed by atoms with van der Waals surface area (Å²) in [5.74, 6) is -0.303. The van der Waals surface area contributed by atoms with Gasteiger partial charge in [-0.3, -0.25) is 0 Å². The summed E-state index contributed by atoms with van der Waals surface area (Å²) >= 11 is 2.80. The quantitative estimate of drug-likeness (QED) is 0.930. The van der Waals surface area contributed by atoms with Gasteiger partial charge in [-0.05, 0) is 37.1 Å². The predicted molar refractivity (Wildman–Crippen MR) is 65.8 cm³/mol. The Morgan fingerprint density at radius 2 is 2.24 bits per heavy atom. The molecule has 0 radical (unpaired) electrons. The molecule has 0 aliphatic heterocycles. The van der Waals surface area contributed by atoms with Crippen LogP contribution in [0.15, 0.2) is 26.9 Å². The second-order valence-corrected chi connectivity index (χ2v) is 5.74. The largest absolute Gasteiger partial charge is 0.389 e. The fraction of sp³-hybridized carbons (Fsp3) is 0.273. The number of aliphatic hydroxyl groups is 1. The summed E-state index contributed by atoms with van der Waals surface area (Å²) in [5.41, 5.74) is 2.77. The van der Waals surface area contributed by atoms with Gasteiger partial charge in [-0.15, -0.1) is 10.2 Å². The molecule has 17 heavy (non-hydrogen) atoms. The summed E-state index contributed by atoms with van der Waals surface area (Å²) < 4.78 is 14.2. The molecule has 2 aromatic rings. The fourth-order valence-electron chi connectivity index (χ4n) is 1.39. The number of halogens is 1.